The molecule has 6 nitrogen and oxygen atoms in total. The monoisotopic (exact) mass is 384 g/mol. The van der Waals surface area contributed by atoms with Crippen LogP contribution in [0, 0.1) is 6.92 Å². The van der Waals surface area contributed by atoms with Crippen LogP contribution in [0.5, 0.6) is 11.5 Å². The first-order valence-electron chi connectivity index (χ1n) is 9.26. The number of nitrogens with one attached hydrogen (secondary N) is 1. The average molecular weight is 384 g/mol. The van der Waals surface area contributed by atoms with Crippen LogP contribution in [0.1, 0.15) is 24.5 Å². The molecule has 0 fully saturated rings. The first kappa shape index (κ1) is 21.3. The molecule has 0 aliphatic rings. The number of rotatable bonds is 9. The molecule has 2 aromatic rings. The van der Waals surface area contributed by atoms with Crippen LogP contribution in [-0.4, -0.2) is 44.0 Å². The molecule has 2 amide bonds. The largest absolute Gasteiger partial charge is 0.493 e. The Morgan fingerprint density at radius 3 is 2.39 bits per heavy atom. The van der Waals surface area contributed by atoms with Gasteiger partial charge in [-0.1, -0.05) is 18.2 Å². The fourth-order valence-corrected chi connectivity index (χ4v) is 2.91. The maximum Gasteiger partial charge on any atom is 0.226 e. The molecule has 150 valence electrons. The molecule has 0 saturated carbocycles. The van der Waals surface area contributed by atoms with Crippen molar-refractivity contribution in [3.05, 3.63) is 53.6 Å². The van der Waals surface area contributed by atoms with Crippen molar-refractivity contribution in [1.82, 2.24) is 4.90 Å². The van der Waals surface area contributed by atoms with E-state index in [4.69, 9.17) is 9.47 Å². The highest BCUT2D eigenvalue weighted by atomic mass is 16.5. The van der Waals surface area contributed by atoms with Crippen molar-refractivity contribution in [2.24, 2.45) is 0 Å². The summed E-state index contributed by atoms with van der Waals surface area (Å²) in [5, 5.41) is 2.87. The van der Waals surface area contributed by atoms with Crippen molar-refractivity contribution in [2.75, 3.05) is 32.6 Å². The van der Waals surface area contributed by atoms with E-state index < -0.39 is 0 Å². The second-order valence-corrected chi connectivity index (χ2v) is 6.61. The van der Waals surface area contributed by atoms with Crippen LogP contribution in [0.3, 0.4) is 0 Å². The molecule has 0 radical (unpaired) electrons. The molecule has 1 N–H and O–H groups in total. The van der Waals surface area contributed by atoms with Crippen LogP contribution in [0.15, 0.2) is 42.5 Å². The minimum atomic E-state index is -0.108. The van der Waals surface area contributed by atoms with Gasteiger partial charge in [0.25, 0.3) is 0 Å². The predicted molar refractivity (Wildman–Crippen MR) is 110 cm³/mol. The third-order valence-electron chi connectivity index (χ3n) is 4.47. The zero-order valence-corrected chi connectivity index (χ0v) is 17.0. The average Bonchev–Trinajstić information content (AvgIpc) is 2.67. The molecule has 0 bridgehead atoms. The number of nitrogens with zero attached hydrogens (tertiary/aromatic N) is 1. The lowest BCUT2D eigenvalue weighted by molar-refractivity contribution is -0.129. The van der Waals surface area contributed by atoms with E-state index >= 15 is 0 Å². The second-order valence-electron chi connectivity index (χ2n) is 6.61. The van der Waals surface area contributed by atoms with Crippen molar-refractivity contribution in [2.45, 2.75) is 26.7 Å². The fourth-order valence-electron chi connectivity index (χ4n) is 2.91. The summed E-state index contributed by atoms with van der Waals surface area (Å²) in [7, 11) is 3.19. The number of amides is 2. The second kappa shape index (κ2) is 10.3. The molecular weight excluding hydrogens is 356 g/mol. The Morgan fingerprint density at radius 2 is 1.75 bits per heavy atom. The number of hydrogen-bond acceptors (Lipinski definition) is 4. The Hall–Kier alpha value is -3.02. The fraction of sp³-hybridized carbons (Fsp3) is 0.364. The Morgan fingerprint density at radius 1 is 1.00 bits per heavy atom. The zero-order chi connectivity index (χ0) is 20.5. The van der Waals surface area contributed by atoms with Gasteiger partial charge >= 0.3 is 0 Å². The van der Waals surface area contributed by atoms with Crippen LogP contribution in [0.25, 0.3) is 0 Å². The number of aryl methyl sites for hydroxylation is 1. The molecule has 0 atom stereocenters. The topological polar surface area (TPSA) is 67.9 Å². The van der Waals surface area contributed by atoms with Crippen LogP contribution in [0.2, 0.25) is 0 Å². The van der Waals surface area contributed by atoms with E-state index in [-0.39, 0.29) is 18.2 Å². The third-order valence-corrected chi connectivity index (χ3v) is 4.47. The summed E-state index contributed by atoms with van der Waals surface area (Å²) in [4.78, 5) is 25.8. The molecule has 0 aliphatic carbocycles. The summed E-state index contributed by atoms with van der Waals surface area (Å²) in [6.45, 7) is 4.40. The van der Waals surface area contributed by atoms with Gasteiger partial charge in [-0.15, -0.1) is 0 Å². The van der Waals surface area contributed by atoms with Crippen molar-refractivity contribution >= 4 is 17.5 Å². The molecule has 0 aromatic heterocycles. The predicted octanol–water partition coefficient (Wildman–Crippen LogP) is 3.43. The van der Waals surface area contributed by atoms with Crippen LogP contribution in [0.4, 0.5) is 5.69 Å². The first-order valence-corrected chi connectivity index (χ1v) is 9.26. The van der Waals surface area contributed by atoms with Crippen LogP contribution >= 0.6 is 0 Å². The number of anilines is 1. The Balaban J connectivity index is 1.89. The lowest BCUT2D eigenvalue weighted by atomic mass is 10.1. The van der Waals surface area contributed by atoms with Gasteiger partial charge in [-0.25, -0.2) is 0 Å². The van der Waals surface area contributed by atoms with Gasteiger partial charge < -0.3 is 19.7 Å². The smallest absolute Gasteiger partial charge is 0.226 e. The summed E-state index contributed by atoms with van der Waals surface area (Å²) in [5.74, 6) is 1.17. The molecule has 6 heteroatoms. The Kier molecular flexibility index (Phi) is 7.87. The molecule has 2 rings (SSSR count). The summed E-state index contributed by atoms with van der Waals surface area (Å²) < 4.78 is 10.6. The third kappa shape index (κ3) is 6.30. The standard InChI is InChI=1S/C22H28N2O4/c1-16-6-5-7-19(14-16)23-22(26)11-13-24(17(2)25)12-10-18-8-9-20(27-3)21(15-18)28-4/h5-9,14-15H,10-13H2,1-4H3,(H,23,26). The van der Waals surface area contributed by atoms with Gasteiger partial charge in [-0.3, -0.25) is 9.59 Å². The maximum absolute atomic E-state index is 12.2. The van der Waals surface area contributed by atoms with Gasteiger partial charge in [0, 0.05) is 32.1 Å². The highest BCUT2D eigenvalue weighted by Crippen LogP contribution is 2.27. The van der Waals surface area contributed by atoms with E-state index in [9.17, 15) is 9.59 Å². The number of benzene rings is 2. The zero-order valence-electron chi connectivity index (χ0n) is 17.0. The van der Waals surface area contributed by atoms with Gasteiger partial charge in [0.2, 0.25) is 11.8 Å². The van der Waals surface area contributed by atoms with E-state index in [1.165, 1.54) is 6.92 Å². The van der Waals surface area contributed by atoms with Crippen molar-refractivity contribution in [1.29, 1.82) is 0 Å². The van der Waals surface area contributed by atoms with Gasteiger partial charge in [0.1, 0.15) is 0 Å². The van der Waals surface area contributed by atoms with E-state index in [0.717, 1.165) is 16.8 Å². The van der Waals surface area contributed by atoms with Crippen LogP contribution < -0.4 is 14.8 Å². The molecule has 0 unspecified atom stereocenters. The van der Waals surface area contributed by atoms with E-state index in [0.29, 0.717) is 31.0 Å². The van der Waals surface area contributed by atoms with Crippen molar-refractivity contribution in [3.8, 4) is 11.5 Å². The van der Waals surface area contributed by atoms with Gasteiger partial charge in [0.05, 0.1) is 14.2 Å². The number of carbonyl (C=O) groups is 2. The summed E-state index contributed by atoms with van der Waals surface area (Å²) in [6.07, 6.45) is 0.916. The first-order chi connectivity index (χ1) is 13.4. The molecule has 0 saturated heterocycles. The Bertz CT molecular complexity index is 820. The van der Waals surface area contributed by atoms with Gasteiger partial charge in [0.15, 0.2) is 11.5 Å². The van der Waals surface area contributed by atoms with Crippen LogP contribution in [-0.2, 0) is 16.0 Å². The lowest BCUT2D eigenvalue weighted by Gasteiger charge is -2.21. The normalized spacial score (nSPS) is 10.3. The molecule has 2 aromatic carbocycles. The SMILES string of the molecule is COc1ccc(CCN(CCC(=O)Nc2cccc(C)c2)C(C)=O)cc1OC. The van der Waals surface area contributed by atoms with E-state index in [1.807, 2.05) is 49.4 Å². The quantitative estimate of drug-likeness (QED) is 0.719. The number of hydrogen-bond donors (Lipinski definition) is 1. The van der Waals surface area contributed by atoms with Gasteiger partial charge in [-0.05, 0) is 48.7 Å². The molecule has 0 spiro atoms. The molecule has 0 aliphatic heterocycles. The highest BCUT2D eigenvalue weighted by Gasteiger charge is 2.13. The van der Waals surface area contributed by atoms with E-state index in [1.54, 1.807) is 19.1 Å². The molecule has 0 heterocycles. The molecular formula is C22H28N2O4. The number of carbonyl (C=O) groups excluding carboxylic acids is 2. The molecule has 28 heavy (non-hydrogen) atoms. The minimum absolute atomic E-state index is 0.0520. The van der Waals surface area contributed by atoms with Gasteiger partial charge in [-0.2, -0.15) is 0 Å². The van der Waals surface area contributed by atoms with Crippen molar-refractivity contribution in [3.63, 3.8) is 0 Å². The lowest BCUT2D eigenvalue weighted by Crippen LogP contribution is -2.33. The van der Waals surface area contributed by atoms with Crippen molar-refractivity contribution < 1.29 is 19.1 Å². The Labute approximate surface area is 166 Å². The number of methoxy groups -OCH3 is 2. The summed E-state index contributed by atoms with van der Waals surface area (Å²) in [5.41, 5.74) is 2.89. The summed E-state index contributed by atoms with van der Waals surface area (Å²) in [6, 6.07) is 13.3. The highest BCUT2D eigenvalue weighted by molar-refractivity contribution is 5.91. The van der Waals surface area contributed by atoms with E-state index in [2.05, 4.69) is 5.32 Å². The summed E-state index contributed by atoms with van der Waals surface area (Å²) >= 11 is 0. The minimum Gasteiger partial charge on any atom is -0.493 e. The number of ether oxygens (including phenoxy) is 2. The maximum atomic E-state index is 12.2.